The largest absolute Gasteiger partial charge is 0.487 e. The molecule has 0 aliphatic rings. The fourth-order valence-corrected chi connectivity index (χ4v) is 3.42. The summed E-state index contributed by atoms with van der Waals surface area (Å²) in [6.45, 7) is 0.393. The molecule has 3 rings (SSSR count). The Bertz CT molecular complexity index is 1140. The van der Waals surface area contributed by atoms with Crippen LogP contribution in [0.15, 0.2) is 72.9 Å². The van der Waals surface area contributed by atoms with Gasteiger partial charge in [0.05, 0.1) is 6.20 Å². The van der Waals surface area contributed by atoms with Gasteiger partial charge in [0.15, 0.2) is 0 Å². The Morgan fingerprint density at radius 2 is 1.69 bits per heavy atom. The maximum Gasteiger partial charge on any atom is 0.405 e. The number of hydrogen-bond donors (Lipinski definition) is 5. The minimum absolute atomic E-state index is 0.0576. The molecule has 0 saturated heterocycles. The van der Waals surface area contributed by atoms with E-state index in [0.717, 1.165) is 11.1 Å². The standard InChI is InChI=1S/C26H28N4O6/c31-24(30-35)8-4-7-18-9-11-20(12-10-18)28-25(32)23(29-26(33)34)15-21-13-14-22(16-27-21)36-17-19-5-2-1-3-6-19/h1-3,5-6,9-14,16,23,29,35H,4,7-8,15,17H2,(H,28,32)(H,30,31)(H,33,34). The van der Waals surface area contributed by atoms with Gasteiger partial charge in [0.1, 0.15) is 18.4 Å². The monoisotopic (exact) mass is 492 g/mol. The van der Waals surface area contributed by atoms with E-state index in [1.165, 1.54) is 6.20 Å². The van der Waals surface area contributed by atoms with E-state index in [2.05, 4.69) is 15.6 Å². The number of benzene rings is 2. The first kappa shape index (κ1) is 26.2. The molecule has 2 aromatic carbocycles. The second-order valence-electron chi connectivity index (χ2n) is 8.04. The first-order valence-corrected chi connectivity index (χ1v) is 11.4. The summed E-state index contributed by atoms with van der Waals surface area (Å²) in [5.41, 5.74) is 4.60. The zero-order valence-corrected chi connectivity index (χ0v) is 19.5. The molecule has 1 aromatic heterocycles. The summed E-state index contributed by atoms with van der Waals surface area (Å²) in [7, 11) is 0. The number of ether oxygens (including phenoxy) is 1. The first-order valence-electron chi connectivity index (χ1n) is 11.4. The third-order valence-electron chi connectivity index (χ3n) is 5.29. The van der Waals surface area contributed by atoms with E-state index in [-0.39, 0.29) is 12.8 Å². The van der Waals surface area contributed by atoms with Crippen LogP contribution >= 0.6 is 0 Å². The van der Waals surface area contributed by atoms with Gasteiger partial charge in [-0.1, -0.05) is 42.5 Å². The Morgan fingerprint density at radius 3 is 2.33 bits per heavy atom. The highest BCUT2D eigenvalue weighted by Crippen LogP contribution is 2.15. The van der Waals surface area contributed by atoms with Crippen LogP contribution in [-0.4, -0.2) is 39.2 Å². The smallest absolute Gasteiger partial charge is 0.405 e. The van der Waals surface area contributed by atoms with Gasteiger partial charge >= 0.3 is 6.09 Å². The number of anilines is 1. The SMILES string of the molecule is O=C(O)NC(Cc1ccc(OCc2ccccc2)cn1)C(=O)Nc1ccc(CCCC(=O)NO)cc1. The zero-order valence-electron chi connectivity index (χ0n) is 19.5. The van der Waals surface area contributed by atoms with Gasteiger partial charge in [0, 0.05) is 24.2 Å². The quantitative estimate of drug-likeness (QED) is 0.192. The van der Waals surface area contributed by atoms with Crippen LogP contribution in [0.1, 0.15) is 29.7 Å². The van der Waals surface area contributed by atoms with E-state index >= 15 is 0 Å². The van der Waals surface area contributed by atoms with Crippen molar-refractivity contribution in [3.05, 3.63) is 89.7 Å². The molecule has 1 unspecified atom stereocenters. The van der Waals surface area contributed by atoms with Gasteiger partial charge in [-0.25, -0.2) is 10.3 Å². The average Bonchev–Trinajstić information content (AvgIpc) is 2.89. The van der Waals surface area contributed by atoms with Gasteiger partial charge < -0.3 is 20.5 Å². The highest BCUT2D eigenvalue weighted by Gasteiger charge is 2.22. The number of aryl methyl sites for hydroxylation is 1. The van der Waals surface area contributed by atoms with Crippen molar-refractivity contribution in [3.8, 4) is 5.75 Å². The summed E-state index contributed by atoms with van der Waals surface area (Å²) in [5, 5.41) is 22.7. The maximum atomic E-state index is 12.8. The van der Waals surface area contributed by atoms with Crippen molar-refractivity contribution in [2.45, 2.75) is 38.3 Å². The number of nitrogens with one attached hydrogen (secondary N) is 3. The van der Waals surface area contributed by atoms with Crippen molar-refractivity contribution in [1.29, 1.82) is 0 Å². The molecule has 188 valence electrons. The van der Waals surface area contributed by atoms with Crippen LogP contribution in [0.25, 0.3) is 0 Å². The fraction of sp³-hybridized carbons (Fsp3) is 0.231. The van der Waals surface area contributed by atoms with Crippen LogP contribution in [-0.2, 0) is 29.0 Å². The number of carbonyl (C=O) groups is 3. The van der Waals surface area contributed by atoms with Gasteiger partial charge in [-0.3, -0.25) is 19.8 Å². The molecule has 3 amide bonds. The van der Waals surface area contributed by atoms with Crippen molar-refractivity contribution in [3.63, 3.8) is 0 Å². The van der Waals surface area contributed by atoms with Crippen LogP contribution < -0.4 is 20.9 Å². The molecule has 3 aromatic rings. The third-order valence-corrected chi connectivity index (χ3v) is 5.29. The molecule has 1 atom stereocenters. The number of rotatable bonds is 12. The second-order valence-corrected chi connectivity index (χ2v) is 8.04. The summed E-state index contributed by atoms with van der Waals surface area (Å²) in [5.74, 6) is -0.400. The van der Waals surface area contributed by atoms with E-state index in [1.54, 1.807) is 29.7 Å². The van der Waals surface area contributed by atoms with Crippen LogP contribution in [0, 0.1) is 0 Å². The lowest BCUT2D eigenvalue weighted by molar-refractivity contribution is -0.129. The number of hydrogen-bond acceptors (Lipinski definition) is 6. The van der Waals surface area contributed by atoms with Gasteiger partial charge in [0.25, 0.3) is 0 Å². The Hall–Kier alpha value is -4.44. The number of carboxylic acid groups (broad SMARTS) is 1. The highest BCUT2D eigenvalue weighted by atomic mass is 16.5. The zero-order chi connectivity index (χ0) is 25.8. The molecule has 1 heterocycles. The van der Waals surface area contributed by atoms with Crippen LogP contribution in [0.4, 0.5) is 10.5 Å². The lowest BCUT2D eigenvalue weighted by Crippen LogP contribution is -2.44. The molecule has 10 heteroatoms. The molecule has 0 fully saturated rings. The lowest BCUT2D eigenvalue weighted by Gasteiger charge is -2.17. The molecule has 10 nitrogen and oxygen atoms in total. The predicted octanol–water partition coefficient (Wildman–Crippen LogP) is 3.31. The maximum absolute atomic E-state index is 12.8. The summed E-state index contributed by atoms with van der Waals surface area (Å²) in [4.78, 5) is 39.4. The number of hydroxylamine groups is 1. The van der Waals surface area contributed by atoms with Gasteiger partial charge in [0.2, 0.25) is 11.8 Å². The molecule has 0 aliphatic heterocycles. The van der Waals surface area contributed by atoms with E-state index in [0.29, 0.717) is 36.6 Å². The van der Waals surface area contributed by atoms with Crippen molar-refractivity contribution in [1.82, 2.24) is 15.8 Å². The predicted molar refractivity (Wildman–Crippen MR) is 132 cm³/mol. The topological polar surface area (TPSA) is 150 Å². The minimum atomic E-state index is -1.32. The van der Waals surface area contributed by atoms with E-state index in [1.807, 2.05) is 42.5 Å². The normalized spacial score (nSPS) is 11.2. The van der Waals surface area contributed by atoms with Gasteiger partial charge in [-0.2, -0.15) is 0 Å². The minimum Gasteiger partial charge on any atom is -0.487 e. The summed E-state index contributed by atoms with van der Waals surface area (Å²) in [6, 6.07) is 19.1. The molecular formula is C26H28N4O6. The molecule has 0 saturated carbocycles. The lowest BCUT2D eigenvalue weighted by atomic mass is 10.1. The summed E-state index contributed by atoms with van der Waals surface area (Å²) >= 11 is 0. The van der Waals surface area contributed by atoms with Crippen LogP contribution in [0.5, 0.6) is 5.75 Å². The van der Waals surface area contributed by atoms with E-state index in [9.17, 15) is 19.5 Å². The van der Waals surface area contributed by atoms with Crippen molar-refractivity contribution >= 4 is 23.6 Å². The fourth-order valence-electron chi connectivity index (χ4n) is 3.42. The Balaban J connectivity index is 1.55. The number of pyridine rings is 1. The van der Waals surface area contributed by atoms with E-state index < -0.39 is 23.9 Å². The van der Waals surface area contributed by atoms with Crippen molar-refractivity contribution < 1.29 is 29.4 Å². The second kappa shape index (κ2) is 13.4. The Morgan fingerprint density at radius 1 is 0.944 bits per heavy atom. The number of aromatic nitrogens is 1. The Kier molecular flexibility index (Phi) is 9.78. The van der Waals surface area contributed by atoms with Gasteiger partial charge in [-0.15, -0.1) is 0 Å². The number of carbonyl (C=O) groups excluding carboxylic acids is 2. The molecule has 36 heavy (non-hydrogen) atoms. The molecular weight excluding hydrogens is 464 g/mol. The highest BCUT2D eigenvalue weighted by molar-refractivity contribution is 5.96. The third kappa shape index (κ3) is 8.73. The number of nitrogens with zero attached hydrogens (tertiary/aromatic N) is 1. The van der Waals surface area contributed by atoms with Crippen LogP contribution in [0.2, 0.25) is 0 Å². The first-order chi connectivity index (χ1) is 17.4. The Labute approximate surface area is 208 Å². The van der Waals surface area contributed by atoms with Crippen molar-refractivity contribution in [2.24, 2.45) is 0 Å². The molecule has 0 aliphatic carbocycles. The molecule has 0 radical (unpaired) electrons. The summed E-state index contributed by atoms with van der Waals surface area (Å²) < 4.78 is 5.71. The average molecular weight is 493 g/mol. The molecule has 5 N–H and O–H groups in total. The summed E-state index contributed by atoms with van der Waals surface area (Å²) in [6.07, 6.45) is 1.66. The van der Waals surface area contributed by atoms with Crippen molar-refractivity contribution in [2.75, 3.05) is 5.32 Å². The number of amides is 3. The van der Waals surface area contributed by atoms with Crippen LogP contribution in [0.3, 0.4) is 0 Å². The van der Waals surface area contributed by atoms with Gasteiger partial charge in [-0.05, 0) is 48.2 Å². The molecule has 0 bridgehead atoms. The molecule has 0 spiro atoms. The van der Waals surface area contributed by atoms with E-state index in [4.69, 9.17) is 9.94 Å².